The number of ether oxygens (including phenoxy) is 1. The van der Waals surface area contributed by atoms with Crippen molar-refractivity contribution in [3.8, 4) is 5.75 Å². The summed E-state index contributed by atoms with van der Waals surface area (Å²) in [5, 5.41) is 3.45. The summed E-state index contributed by atoms with van der Waals surface area (Å²) in [5.41, 5.74) is 3.13. The molecule has 1 saturated carbocycles. The van der Waals surface area contributed by atoms with Crippen LogP contribution in [0, 0.1) is 5.41 Å². The van der Waals surface area contributed by atoms with E-state index in [0.717, 1.165) is 18.9 Å². The lowest BCUT2D eigenvalue weighted by Gasteiger charge is -2.37. The van der Waals surface area contributed by atoms with Crippen LogP contribution in [0.2, 0.25) is 0 Å². The summed E-state index contributed by atoms with van der Waals surface area (Å²) in [6, 6.07) is 6.49. The third-order valence-corrected chi connectivity index (χ3v) is 4.17. The lowest BCUT2D eigenvalue weighted by Crippen LogP contribution is -2.32. The quantitative estimate of drug-likeness (QED) is 0.858. The van der Waals surface area contributed by atoms with E-state index in [-0.39, 0.29) is 0 Å². The zero-order valence-electron chi connectivity index (χ0n) is 10.6. The van der Waals surface area contributed by atoms with Crippen LogP contribution in [-0.2, 0) is 6.42 Å². The molecule has 1 aliphatic heterocycles. The molecule has 1 N–H and O–H groups in total. The number of nitrogens with one attached hydrogen (secondary N) is 1. The third kappa shape index (κ3) is 2.26. The van der Waals surface area contributed by atoms with Gasteiger partial charge in [-0.15, -0.1) is 0 Å². The Kier molecular flexibility index (Phi) is 2.73. The van der Waals surface area contributed by atoms with Crippen LogP contribution < -0.4 is 10.1 Å². The van der Waals surface area contributed by atoms with Gasteiger partial charge in [-0.1, -0.05) is 19.4 Å². The predicted molar refractivity (Wildman–Crippen MR) is 70.7 cm³/mol. The third-order valence-electron chi connectivity index (χ3n) is 4.17. The Labute approximate surface area is 103 Å². The highest BCUT2D eigenvalue weighted by Gasteiger charge is 2.32. The first-order valence-corrected chi connectivity index (χ1v) is 6.75. The molecule has 0 spiro atoms. The lowest BCUT2D eigenvalue weighted by atomic mass is 9.71. The topological polar surface area (TPSA) is 21.3 Å². The predicted octanol–water partition coefficient (Wildman–Crippen LogP) is 3.61. The van der Waals surface area contributed by atoms with Gasteiger partial charge in [-0.25, -0.2) is 0 Å². The van der Waals surface area contributed by atoms with E-state index in [1.807, 2.05) is 0 Å². The first kappa shape index (κ1) is 10.9. The molecule has 0 aromatic heterocycles. The molecule has 2 heteroatoms. The minimum absolute atomic E-state index is 0.434. The zero-order valence-corrected chi connectivity index (χ0v) is 10.6. The van der Waals surface area contributed by atoms with Crippen molar-refractivity contribution in [2.75, 3.05) is 18.5 Å². The van der Waals surface area contributed by atoms with Gasteiger partial charge in [0.2, 0.25) is 0 Å². The van der Waals surface area contributed by atoms with Crippen LogP contribution in [0.1, 0.15) is 38.2 Å². The molecule has 0 radical (unpaired) electrons. The van der Waals surface area contributed by atoms with E-state index in [1.54, 1.807) is 0 Å². The van der Waals surface area contributed by atoms with Gasteiger partial charge in [0.05, 0.1) is 6.61 Å². The molecular formula is C15H21NO. The molecule has 0 amide bonds. The van der Waals surface area contributed by atoms with E-state index in [0.29, 0.717) is 5.41 Å². The van der Waals surface area contributed by atoms with Gasteiger partial charge in [-0.2, -0.15) is 0 Å². The average molecular weight is 231 g/mol. The maximum Gasteiger partial charge on any atom is 0.121 e. The number of hydrogen-bond acceptors (Lipinski definition) is 2. The molecule has 0 unspecified atom stereocenters. The molecule has 2 aliphatic rings. The molecule has 17 heavy (non-hydrogen) atoms. The zero-order chi connectivity index (χ0) is 11.7. The van der Waals surface area contributed by atoms with Crippen molar-refractivity contribution in [1.29, 1.82) is 0 Å². The van der Waals surface area contributed by atoms with E-state index >= 15 is 0 Å². The van der Waals surface area contributed by atoms with Crippen LogP contribution in [0.3, 0.4) is 0 Å². The highest BCUT2D eigenvalue weighted by Crippen LogP contribution is 2.40. The summed E-state index contributed by atoms with van der Waals surface area (Å²) in [7, 11) is 0. The molecule has 0 atom stereocenters. The highest BCUT2D eigenvalue weighted by atomic mass is 16.5. The molecule has 3 rings (SSSR count). The van der Waals surface area contributed by atoms with Gasteiger partial charge in [0.25, 0.3) is 0 Å². The fourth-order valence-electron chi connectivity index (χ4n) is 2.71. The van der Waals surface area contributed by atoms with Gasteiger partial charge in [0.1, 0.15) is 5.75 Å². The second-order valence-electron chi connectivity index (χ2n) is 5.80. The van der Waals surface area contributed by atoms with Crippen molar-refractivity contribution in [3.63, 3.8) is 0 Å². The Balaban J connectivity index is 1.67. The second-order valence-corrected chi connectivity index (χ2v) is 5.80. The Morgan fingerprint density at radius 2 is 2.18 bits per heavy atom. The van der Waals surface area contributed by atoms with Crippen molar-refractivity contribution < 1.29 is 4.74 Å². The first-order valence-electron chi connectivity index (χ1n) is 6.75. The smallest absolute Gasteiger partial charge is 0.121 e. The van der Waals surface area contributed by atoms with Gasteiger partial charge in [0.15, 0.2) is 0 Å². The van der Waals surface area contributed by atoms with Crippen molar-refractivity contribution in [1.82, 2.24) is 0 Å². The fraction of sp³-hybridized carbons (Fsp3) is 0.600. The second kappa shape index (κ2) is 4.25. The maximum atomic E-state index is 5.94. The van der Waals surface area contributed by atoms with Crippen molar-refractivity contribution in [2.24, 2.45) is 5.41 Å². The van der Waals surface area contributed by atoms with Crippen molar-refractivity contribution in [2.45, 2.75) is 39.0 Å². The summed E-state index contributed by atoms with van der Waals surface area (Å²) in [6.45, 7) is 4.28. The van der Waals surface area contributed by atoms with Crippen LogP contribution in [0.5, 0.6) is 5.75 Å². The molecular weight excluding hydrogens is 210 g/mol. The number of rotatable bonds is 3. The van der Waals surface area contributed by atoms with E-state index < -0.39 is 0 Å². The number of fused-ring (bicyclic) bond motifs is 1. The fourth-order valence-corrected chi connectivity index (χ4v) is 2.71. The van der Waals surface area contributed by atoms with Gasteiger partial charge in [-0.05, 0) is 37.3 Å². The van der Waals surface area contributed by atoms with Crippen LogP contribution in [0.4, 0.5) is 5.69 Å². The Morgan fingerprint density at radius 1 is 1.29 bits per heavy atom. The van der Waals surface area contributed by atoms with Crippen molar-refractivity contribution >= 4 is 5.69 Å². The molecule has 0 saturated heterocycles. The molecule has 0 bridgehead atoms. The first-order chi connectivity index (χ1) is 8.25. The highest BCUT2D eigenvalue weighted by molar-refractivity contribution is 5.56. The van der Waals surface area contributed by atoms with Gasteiger partial charge in [0, 0.05) is 23.7 Å². The lowest BCUT2D eigenvalue weighted by molar-refractivity contribution is 0.0776. The number of benzene rings is 1. The van der Waals surface area contributed by atoms with Crippen LogP contribution >= 0.6 is 0 Å². The summed E-state index contributed by atoms with van der Waals surface area (Å²) < 4.78 is 5.94. The number of hydrogen-bond donors (Lipinski definition) is 1. The average Bonchev–Trinajstić information content (AvgIpc) is 2.34. The van der Waals surface area contributed by atoms with E-state index in [9.17, 15) is 0 Å². The van der Waals surface area contributed by atoms with Crippen molar-refractivity contribution in [3.05, 3.63) is 23.8 Å². The summed E-state index contributed by atoms with van der Waals surface area (Å²) in [5.74, 6) is 1.02. The summed E-state index contributed by atoms with van der Waals surface area (Å²) >= 11 is 0. The Hall–Kier alpha value is -1.18. The minimum atomic E-state index is 0.434. The largest absolute Gasteiger partial charge is 0.493 e. The van der Waals surface area contributed by atoms with Crippen LogP contribution in [0.15, 0.2) is 18.2 Å². The van der Waals surface area contributed by atoms with E-state index in [1.165, 1.54) is 43.4 Å². The SMILES string of the molecule is CC1(COc2ccc3c(c2)NCCC3)CCC1. The molecule has 1 aliphatic carbocycles. The number of aryl methyl sites for hydroxylation is 1. The molecule has 1 fully saturated rings. The molecule has 92 valence electrons. The van der Waals surface area contributed by atoms with E-state index in [4.69, 9.17) is 4.74 Å². The molecule has 2 nitrogen and oxygen atoms in total. The maximum absolute atomic E-state index is 5.94. The standard InChI is InChI=1S/C15H21NO/c1-15(7-3-8-15)11-17-13-6-5-12-4-2-9-16-14(12)10-13/h5-6,10,16H,2-4,7-9,11H2,1H3. The van der Waals surface area contributed by atoms with Gasteiger partial charge >= 0.3 is 0 Å². The Bertz CT molecular complexity index is 409. The van der Waals surface area contributed by atoms with Gasteiger partial charge in [-0.3, -0.25) is 0 Å². The molecule has 1 aromatic carbocycles. The monoisotopic (exact) mass is 231 g/mol. The summed E-state index contributed by atoms with van der Waals surface area (Å²) in [6.07, 6.45) is 6.43. The minimum Gasteiger partial charge on any atom is -0.493 e. The van der Waals surface area contributed by atoms with Gasteiger partial charge < -0.3 is 10.1 Å². The molecule has 1 aromatic rings. The summed E-state index contributed by atoms with van der Waals surface area (Å²) in [4.78, 5) is 0. The number of anilines is 1. The van der Waals surface area contributed by atoms with Crippen LogP contribution in [-0.4, -0.2) is 13.2 Å². The van der Waals surface area contributed by atoms with Crippen LogP contribution in [0.25, 0.3) is 0 Å². The normalized spacial score (nSPS) is 21.0. The molecule has 1 heterocycles. The Morgan fingerprint density at radius 3 is 2.94 bits per heavy atom. The van der Waals surface area contributed by atoms with E-state index in [2.05, 4.69) is 30.4 Å².